The van der Waals surface area contributed by atoms with E-state index in [-0.39, 0.29) is 6.04 Å². The van der Waals surface area contributed by atoms with Crippen LogP contribution in [0.25, 0.3) is 6.08 Å². The minimum absolute atomic E-state index is 0.00238. The normalized spacial score (nSPS) is 12.6. The highest BCUT2D eigenvalue weighted by molar-refractivity contribution is 5.49. The molecule has 1 aromatic rings. The Balaban J connectivity index is 3.10. The van der Waals surface area contributed by atoms with Gasteiger partial charge in [-0.15, -0.1) is 0 Å². The van der Waals surface area contributed by atoms with Crippen LogP contribution in [0.1, 0.15) is 29.9 Å². The van der Waals surface area contributed by atoms with Gasteiger partial charge in [-0.05, 0) is 25.5 Å². The summed E-state index contributed by atoms with van der Waals surface area (Å²) in [6, 6.07) is 3.94. The van der Waals surface area contributed by atoms with Crippen LogP contribution in [0.5, 0.6) is 0 Å². The number of hydrogen-bond acceptors (Lipinski definition) is 2. The molecule has 0 amide bonds. The second kappa shape index (κ2) is 3.50. The van der Waals surface area contributed by atoms with Crippen molar-refractivity contribution in [2.45, 2.75) is 19.9 Å². The van der Waals surface area contributed by atoms with Crippen LogP contribution < -0.4 is 5.73 Å². The number of aromatic nitrogens is 1. The molecule has 64 valence electrons. The standard InChI is InChI=1S/C10H14N2/c1-4-9-5-6-10(7(2)11)12-8(9)3/h4-7H,1,11H2,2-3H3. The van der Waals surface area contributed by atoms with Crippen molar-refractivity contribution in [1.82, 2.24) is 4.98 Å². The van der Waals surface area contributed by atoms with Crippen molar-refractivity contribution in [3.05, 3.63) is 35.7 Å². The average molecular weight is 162 g/mol. The second-order valence-corrected chi connectivity index (χ2v) is 2.90. The molecule has 2 N–H and O–H groups in total. The molecule has 0 aromatic carbocycles. The summed E-state index contributed by atoms with van der Waals surface area (Å²) >= 11 is 0. The Bertz CT molecular complexity index is 290. The first kappa shape index (κ1) is 8.94. The van der Waals surface area contributed by atoms with Gasteiger partial charge in [0.25, 0.3) is 0 Å². The molecule has 0 aliphatic carbocycles. The number of pyridine rings is 1. The quantitative estimate of drug-likeness (QED) is 0.722. The Hall–Kier alpha value is -1.15. The van der Waals surface area contributed by atoms with E-state index in [1.54, 1.807) is 6.08 Å². The van der Waals surface area contributed by atoms with Crippen LogP contribution in [0.2, 0.25) is 0 Å². The minimum Gasteiger partial charge on any atom is -0.323 e. The molecule has 1 aromatic heterocycles. The second-order valence-electron chi connectivity index (χ2n) is 2.90. The summed E-state index contributed by atoms with van der Waals surface area (Å²) in [4.78, 5) is 4.35. The van der Waals surface area contributed by atoms with Crippen molar-refractivity contribution in [2.75, 3.05) is 0 Å². The van der Waals surface area contributed by atoms with Crippen LogP contribution in [0.3, 0.4) is 0 Å². The van der Waals surface area contributed by atoms with Gasteiger partial charge in [-0.1, -0.05) is 18.7 Å². The van der Waals surface area contributed by atoms with E-state index in [2.05, 4.69) is 11.6 Å². The van der Waals surface area contributed by atoms with E-state index in [0.717, 1.165) is 17.0 Å². The molecule has 0 spiro atoms. The molecule has 12 heavy (non-hydrogen) atoms. The fraction of sp³-hybridized carbons (Fsp3) is 0.300. The summed E-state index contributed by atoms with van der Waals surface area (Å²) in [6.07, 6.45) is 1.80. The predicted molar refractivity (Wildman–Crippen MR) is 51.7 cm³/mol. The largest absolute Gasteiger partial charge is 0.323 e. The maximum Gasteiger partial charge on any atom is 0.0571 e. The molecule has 0 aliphatic rings. The van der Waals surface area contributed by atoms with Crippen molar-refractivity contribution < 1.29 is 0 Å². The highest BCUT2D eigenvalue weighted by Gasteiger charge is 2.02. The van der Waals surface area contributed by atoms with Gasteiger partial charge in [0.05, 0.1) is 5.69 Å². The molecule has 0 aliphatic heterocycles. The zero-order chi connectivity index (χ0) is 9.14. The highest BCUT2D eigenvalue weighted by Crippen LogP contribution is 2.11. The first-order valence-corrected chi connectivity index (χ1v) is 4.00. The summed E-state index contributed by atoms with van der Waals surface area (Å²) in [5.41, 5.74) is 8.67. The van der Waals surface area contributed by atoms with E-state index in [1.807, 2.05) is 26.0 Å². The van der Waals surface area contributed by atoms with Crippen molar-refractivity contribution in [1.29, 1.82) is 0 Å². The van der Waals surface area contributed by atoms with E-state index in [1.165, 1.54) is 0 Å². The maximum atomic E-state index is 5.69. The zero-order valence-corrected chi connectivity index (χ0v) is 7.54. The van der Waals surface area contributed by atoms with Crippen molar-refractivity contribution >= 4 is 6.08 Å². The topological polar surface area (TPSA) is 38.9 Å². The Morgan fingerprint density at radius 3 is 2.67 bits per heavy atom. The highest BCUT2D eigenvalue weighted by atomic mass is 14.8. The van der Waals surface area contributed by atoms with E-state index in [9.17, 15) is 0 Å². The molecule has 2 heteroatoms. The summed E-state index contributed by atoms with van der Waals surface area (Å²) in [6.45, 7) is 7.58. The molecule has 2 nitrogen and oxygen atoms in total. The third-order valence-electron chi connectivity index (χ3n) is 1.83. The van der Waals surface area contributed by atoms with Gasteiger partial charge < -0.3 is 5.73 Å². The monoisotopic (exact) mass is 162 g/mol. The fourth-order valence-electron chi connectivity index (χ4n) is 1.06. The van der Waals surface area contributed by atoms with Crippen LogP contribution in [-0.2, 0) is 0 Å². The van der Waals surface area contributed by atoms with E-state index in [4.69, 9.17) is 5.73 Å². The van der Waals surface area contributed by atoms with Crippen LogP contribution in [0, 0.1) is 6.92 Å². The first-order valence-electron chi connectivity index (χ1n) is 4.00. The Morgan fingerprint density at radius 2 is 2.25 bits per heavy atom. The van der Waals surface area contributed by atoms with Crippen molar-refractivity contribution in [2.24, 2.45) is 5.73 Å². The van der Waals surface area contributed by atoms with Gasteiger partial charge in [0, 0.05) is 11.7 Å². The molecule has 1 atom stereocenters. The number of rotatable bonds is 2. The molecular weight excluding hydrogens is 148 g/mol. The van der Waals surface area contributed by atoms with Gasteiger partial charge in [-0.25, -0.2) is 0 Å². The maximum absolute atomic E-state index is 5.69. The molecule has 1 unspecified atom stereocenters. The molecule has 0 bridgehead atoms. The van der Waals surface area contributed by atoms with Gasteiger partial charge in [-0.3, -0.25) is 4.98 Å². The van der Waals surface area contributed by atoms with Crippen LogP contribution in [-0.4, -0.2) is 4.98 Å². The number of nitrogens with two attached hydrogens (primary N) is 1. The number of aryl methyl sites for hydroxylation is 1. The molecular formula is C10H14N2. The van der Waals surface area contributed by atoms with Gasteiger partial charge in [-0.2, -0.15) is 0 Å². The van der Waals surface area contributed by atoms with E-state index < -0.39 is 0 Å². The van der Waals surface area contributed by atoms with Crippen LogP contribution in [0.15, 0.2) is 18.7 Å². The van der Waals surface area contributed by atoms with Gasteiger partial charge in [0.15, 0.2) is 0 Å². The molecule has 1 heterocycles. The molecule has 0 saturated carbocycles. The smallest absolute Gasteiger partial charge is 0.0571 e. The third-order valence-corrected chi connectivity index (χ3v) is 1.83. The lowest BCUT2D eigenvalue weighted by atomic mass is 10.1. The number of hydrogen-bond donors (Lipinski definition) is 1. The Kier molecular flexibility index (Phi) is 2.61. The van der Waals surface area contributed by atoms with Crippen molar-refractivity contribution in [3.8, 4) is 0 Å². The lowest BCUT2D eigenvalue weighted by Crippen LogP contribution is -2.08. The molecule has 1 rings (SSSR count). The molecule has 0 radical (unpaired) electrons. The molecule has 0 saturated heterocycles. The van der Waals surface area contributed by atoms with Crippen molar-refractivity contribution in [3.63, 3.8) is 0 Å². The molecule has 0 fully saturated rings. The fourth-order valence-corrected chi connectivity index (χ4v) is 1.06. The van der Waals surface area contributed by atoms with Crippen LogP contribution >= 0.6 is 0 Å². The first-order chi connectivity index (χ1) is 5.65. The zero-order valence-electron chi connectivity index (χ0n) is 7.54. The lowest BCUT2D eigenvalue weighted by molar-refractivity contribution is 0.775. The summed E-state index contributed by atoms with van der Waals surface area (Å²) in [7, 11) is 0. The Labute approximate surface area is 73.1 Å². The van der Waals surface area contributed by atoms with Crippen LogP contribution in [0.4, 0.5) is 0 Å². The third kappa shape index (κ3) is 1.71. The average Bonchev–Trinajstić information content (AvgIpc) is 2.04. The van der Waals surface area contributed by atoms with Gasteiger partial charge >= 0.3 is 0 Å². The predicted octanol–water partition coefficient (Wildman–Crippen LogP) is 2.05. The Morgan fingerprint density at radius 1 is 1.58 bits per heavy atom. The lowest BCUT2D eigenvalue weighted by Gasteiger charge is -2.06. The SMILES string of the molecule is C=Cc1ccc(C(C)N)nc1C. The van der Waals surface area contributed by atoms with Gasteiger partial charge in [0.2, 0.25) is 0 Å². The van der Waals surface area contributed by atoms with Gasteiger partial charge in [0.1, 0.15) is 0 Å². The minimum atomic E-state index is 0.00238. The summed E-state index contributed by atoms with van der Waals surface area (Å²) < 4.78 is 0. The van der Waals surface area contributed by atoms with E-state index in [0.29, 0.717) is 0 Å². The van der Waals surface area contributed by atoms with E-state index >= 15 is 0 Å². The summed E-state index contributed by atoms with van der Waals surface area (Å²) in [5, 5.41) is 0. The summed E-state index contributed by atoms with van der Waals surface area (Å²) in [5.74, 6) is 0. The number of nitrogens with zero attached hydrogens (tertiary/aromatic N) is 1.